The Labute approximate surface area is 185 Å². The molecule has 0 atom stereocenters. The van der Waals surface area contributed by atoms with E-state index >= 15 is 0 Å². The number of nitrogens with one attached hydrogen (secondary N) is 1. The number of aromatic amines is 1. The first-order valence-corrected chi connectivity index (χ1v) is 10.3. The van der Waals surface area contributed by atoms with Gasteiger partial charge in [-0.2, -0.15) is 0 Å². The molecule has 1 aromatic carbocycles. The molecule has 10 heteroatoms. The second-order valence-electron chi connectivity index (χ2n) is 7.70. The summed E-state index contributed by atoms with van der Waals surface area (Å²) in [4.78, 5) is 30.6. The number of H-pyrrole nitrogens is 1. The molecule has 0 spiro atoms. The number of imidazole rings is 1. The van der Waals surface area contributed by atoms with Gasteiger partial charge >= 0.3 is 6.01 Å². The van der Waals surface area contributed by atoms with E-state index in [9.17, 15) is 13.6 Å². The molecule has 4 aromatic rings. The van der Waals surface area contributed by atoms with Gasteiger partial charge in [-0.25, -0.2) is 28.7 Å². The third kappa shape index (κ3) is 3.80. The quantitative estimate of drug-likeness (QED) is 0.466. The monoisotopic (exact) mass is 455 g/mol. The number of benzene rings is 1. The summed E-state index contributed by atoms with van der Waals surface area (Å²) in [6.45, 7) is 1.57. The van der Waals surface area contributed by atoms with Crippen molar-refractivity contribution < 1.29 is 18.3 Å². The average molecular weight is 456 g/mol. The maximum Gasteiger partial charge on any atom is 0.316 e. The van der Waals surface area contributed by atoms with Crippen molar-refractivity contribution in [2.45, 2.75) is 25.9 Å². The number of carbonyl (C=O) groups is 1. The number of hydrogen-bond donors (Lipinski definition) is 1. The van der Waals surface area contributed by atoms with Crippen molar-refractivity contribution in [3.05, 3.63) is 53.4 Å². The fraction of sp³-hybridized carbons (Fsp3) is 0.227. The van der Waals surface area contributed by atoms with Gasteiger partial charge < -0.3 is 9.72 Å². The minimum absolute atomic E-state index is 0.0145. The number of ether oxygens (including phenoxy) is 1. The third-order valence-electron chi connectivity index (χ3n) is 5.49. The molecule has 7 nitrogen and oxygen atoms in total. The molecule has 0 aliphatic heterocycles. The van der Waals surface area contributed by atoms with E-state index in [4.69, 9.17) is 16.3 Å². The molecule has 1 aliphatic carbocycles. The lowest BCUT2D eigenvalue weighted by Crippen LogP contribution is -2.37. The number of ketones is 1. The Morgan fingerprint density at radius 3 is 2.41 bits per heavy atom. The van der Waals surface area contributed by atoms with E-state index in [1.54, 1.807) is 13.0 Å². The number of hydrogen-bond acceptors (Lipinski definition) is 6. The van der Waals surface area contributed by atoms with Crippen molar-refractivity contribution in [3.63, 3.8) is 0 Å². The lowest BCUT2D eigenvalue weighted by molar-refractivity contribution is -0.126. The summed E-state index contributed by atoms with van der Waals surface area (Å²) in [5.74, 6) is -1.40. The minimum Gasteiger partial charge on any atom is -0.460 e. The molecular weight excluding hydrogens is 440 g/mol. The maximum absolute atomic E-state index is 14.9. The summed E-state index contributed by atoms with van der Waals surface area (Å²) in [5.41, 5.74) is 1.18. The van der Waals surface area contributed by atoms with Crippen LogP contribution in [0.5, 0.6) is 6.01 Å². The second kappa shape index (κ2) is 7.90. The van der Waals surface area contributed by atoms with Gasteiger partial charge in [0.2, 0.25) is 0 Å². The maximum atomic E-state index is 14.9. The number of fused-ring (bicyclic) bond motifs is 1. The van der Waals surface area contributed by atoms with Crippen LogP contribution >= 0.6 is 11.6 Å². The highest BCUT2D eigenvalue weighted by atomic mass is 35.5. The molecule has 1 aliphatic rings. The van der Waals surface area contributed by atoms with E-state index in [-0.39, 0.29) is 40.8 Å². The van der Waals surface area contributed by atoms with Gasteiger partial charge in [-0.3, -0.25) is 4.79 Å². The van der Waals surface area contributed by atoms with Crippen LogP contribution in [0.1, 0.15) is 19.8 Å². The Balaban J connectivity index is 1.37. The van der Waals surface area contributed by atoms with Gasteiger partial charge in [-0.05, 0) is 43.5 Å². The summed E-state index contributed by atoms with van der Waals surface area (Å²) < 4.78 is 35.3. The van der Waals surface area contributed by atoms with Gasteiger partial charge in [0.1, 0.15) is 29.3 Å². The number of nitrogens with zero attached hydrogens (tertiary/aromatic N) is 4. The molecule has 1 N–H and O–H groups in total. The van der Waals surface area contributed by atoms with Crippen LogP contribution in [0.15, 0.2) is 36.8 Å². The van der Waals surface area contributed by atoms with Gasteiger partial charge in [-0.15, -0.1) is 0 Å². The number of rotatable bonds is 5. The Kier molecular flexibility index (Phi) is 5.05. The highest BCUT2D eigenvalue weighted by molar-refractivity contribution is 6.31. The molecule has 32 heavy (non-hydrogen) atoms. The van der Waals surface area contributed by atoms with Crippen LogP contribution < -0.4 is 4.74 Å². The van der Waals surface area contributed by atoms with Crippen LogP contribution in [0.4, 0.5) is 8.78 Å². The van der Waals surface area contributed by atoms with Gasteiger partial charge in [0.15, 0.2) is 5.65 Å². The van der Waals surface area contributed by atoms with Crippen molar-refractivity contribution in [2.24, 2.45) is 5.92 Å². The average Bonchev–Trinajstić information content (AvgIpc) is 3.12. The molecule has 0 unspecified atom stereocenters. The highest BCUT2D eigenvalue weighted by Gasteiger charge is 2.34. The molecule has 0 bridgehead atoms. The molecule has 1 saturated carbocycles. The molecule has 3 aromatic heterocycles. The number of carbonyl (C=O) groups excluding carboxylic acids is 1. The highest BCUT2D eigenvalue weighted by Crippen LogP contribution is 2.32. The van der Waals surface area contributed by atoms with Gasteiger partial charge in [0.25, 0.3) is 0 Å². The first kappa shape index (κ1) is 20.4. The van der Waals surface area contributed by atoms with E-state index < -0.39 is 11.6 Å². The Bertz CT molecular complexity index is 1310. The van der Waals surface area contributed by atoms with E-state index in [2.05, 4.69) is 24.9 Å². The number of halogens is 3. The fourth-order valence-corrected chi connectivity index (χ4v) is 3.79. The summed E-state index contributed by atoms with van der Waals surface area (Å²) in [6.07, 6.45) is 5.46. The molecule has 3 heterocycles. The topological polar surface area (TPSA) is 93.6 Å². The lowest BCUT2D eigenvalue weighted by Gasteiger charge is -2.32. The SMILES string of the molecule is CC(=O)C1CC(Oc2ncc(-c3cc(F)c(-c4nc5ncc(Cl)cc5[nH]4)c(F)c3)cn2)C1. The van der Waals surface area contributed by atoms with Crippen LogP contribution in [-0.4, -0.2) is 36.8 Å². The van der Waals surface area contributed by atoms with Crippen molar-refractivity contribution in [1.29, 1.82) is 0 Å². The molecule has 162 valence electrons. The van der Waals surface area contributed by atoms with Crippen LogP contribution in [-0.2, 0) is 4.79 Å². The Morgan fingerprint density at radius 2 is 1.75 bits per heavy atom. The zero-order chi connectivity index (χ0) is 22.4. The molecule has 0 radical (unpaired) electrons. The Morgan fingerprint density at radius 1 is 1.06 bits per heavy atom. The number of Topliss-reactive ketones (excluding diaryl/α,β-unsaturated/α-hetero) is 1. The van der Waals surface area contributed by atoms with E-state index in [0.29, 0.717) is 34.6 Å². The van der Waals surface area contributed by atoms with Gasteiger partial charge in [0.05, 0.1) is 16.1 Å². The first-order valence-electron chi connectivity index (χ1n) is 9.87. The normalized spacial score (nSPS) is 17.9. The predicted octanol–water partition coefficient (Wildman–Crippen LogP) is 4.76. The Hall–Kier alpha value is -3.46. The summed E-state index contributed by atoms with van der Waals surface area (Å²) >= 11 is 5.90. The van der Waals surface area contributed by atoms with Crippen LogP contribution in [0.2, 0.25) is 5.02 Å². The summed E-state index contributed by atoms with van der Waals surface area (Å²) in [6, 6.07) is 4.12. The van der Waals surface area contributed by atoms with E-state index in [0.717, 1.165) is 0 Å². The molecule has 0 amide bonds. The van der Waals surface area contributed by atoms with Crippen molar-refractivity contribution in [2.75, 3.05) is 0 Å². The van der Waals surface area contributed by atoms with Crippen LogP contribution in [0.25, 0.3) is 33.7 Å². The zero-order valence-corrected chi connectivity index (χ0v) is 17.5. The summed E-state index contributed by atoms with van der Waals surface area (Å²) in [7, 11) is 0. The number of pyridine rings is 1. The van der Waals surface area contributed by atoms with Gasteiger partial charge in [-0.1, -0.05) is 11.6 Å². The zero-order valence-electron chi connectivity index (χ0n) is 16.8. The standard InChI is InChI=1S/C22H16ClF2N5O2/c1-10(31)11-2-15(3-11)32-22-27-7-13(8-28-22)12-4-16(24)19(17(25)5-12)21-29-18-6-14(23)9-26-20(18)30-21/h4-9,11,15H,2-3H2,1H3,(H,26,29,30). The first-order chi connectivity index (χ1) is 15.4. The van der Waals surface area contributed by atoms with Crippen molar-refractivity contribution in [1.82, 2.24) is 24.9 Å². The molecule has 0 saturated heterocycles. The molecular formula is C22H16ClF2N5O2. The molecule has 5 rings (SSSR count). The molecule has 1 fully saturated rings. The minimum atomic E-state index is -0.796. The van der Waals surface area contributed by atoms with Gasteiger partial charge in [0, 0.05) is 30.1 Å². The lowest BCUT2D eigenvalue weighted by atomic mass is 9.80. The van der Waals surface area contributed by atoms with E-state index in [1.807, 2.05) is 0 Å². The second-order valence-corrected chi connectivity index (χ2v) is 8.13. The largest absolute Gasteiger partial charge is 0.460 e. The summed E-state index contributed by atoms with van der Waals surface area (Å²) in [5, 5.41) is 0.382. The fourth-order valence-electron chi connectivity index (χ4n) is 3.63. The number of aromatic nitrogens is 5. The third-order valence-corrected chi connectivity index (χ3v) is 5.69. The van der Waals surface area contributed by atoms with Crippen LogP contribution in [0.3, 0.4) is 0 Å². The van der Waals surface area contributed by atoms with Crippen molar-refractivity contribution >= 4 is 28.5 Å². The van der Waals surface area contributed by atoms with Crippen LogP contribution in [0, 0.1) is 17.6 Å². The van der Waals surface area contributed by atoms with E-state index in [1.165, 1.54) is 30.7 Å². The smallest absolute Gasteiger partial charge is 0.316 e. The van der Waals surface area contributed by atoms with Crippen molar-refractivity contribution in [3.8, 4) is 28.5 Å². The predicted molar refractivity (Wildman–Crippen MR) is 113 cm³/mol.